The molecule has 0 saturated heterocycles. The number of aliphatic hydroxyl groups is 5. The van der Waals surface area contributed by atoms with Crippen LogP contribution in [0.2, 0.25) is 0 Å². The molecule has 130 valence electrons. The maximum Gasteiger partial charge on any atom is 0.327 e. The molecule has 0 unspecified atom stereocenters. The third-order valence-corrected chi connectivity index (χ3v) is 2.64. The first-order valence-corrected chi connectivity index (χ1v) is 6.64. The fourth-order valence-corrected chi connectivity index (χ4v) is 1.30. The van der Waals surface area contributed by atoms with Gasteiger partial charge >= 0.3 is 5.97 Å². The summed E-state index contributed by atoms with van der Waals surface area (Å²) in [6, 6.07) is -0.874. The van der Waals surface area contributed by atoms with Gasteiger partial charge < -0.3 is 40.8 Å². The van der Waals surface area contributed by atoms with Crippen LogP contribution in [0.5, 0.6) is 0 Å². The summed E-state index contributed by atoms with van der Waals surface area (Å²) in [5, 5.41) is 54.1. The maximum absolute atomic E-state index is 10.3. The zero-order chi connectivity index (χ0) is 17.9. The molecule has 0 saturated carbocycles. The van der Waals surface area contributed by atoms with Crippen molar-refractivity contribution < 1.29 is 45.0 Å². The van der Waals surface area contributed by atoms with E-state index in [9.17, 15) is 14.4 Å². The van der Waals surface area contributed by atoms with Crippen LogP contribution in [0.3, 0.4) is 0 Å². The molecule has 0 fully saturated rings. The summed E-state index contributed by atoms with van der Waals surface area (Å²) in [4.78, 5) is 30.4. The standard InChI is InChI=1S/C6H12O6.C5H9NO3S/c7-1-3(9)5(11)6(12)4(10)2-8;1-3(7)6-4(2-10)5(8)9/h1,3-6,8-12H,2H2;4,10H,2H2,1H3,(H,6,7)(H,8,9)/t3-,4+,5+,6+;4-/m00/s1. The highest BCUT2D eigenvalue weighted by Gasteiger charge is 2.29. The molecular weight excluding hydrogens is 322 g/mol. The van der Waals surface area contributed by atoms with Gasteiger partial charge in [-0.2, -0.15) is 12.6 Å². The molecule has 0 spiro atoms. The van der Waals surface area contributed by atoms with Gasteiger partial charge in [0.2, 0.25) is 5.91 Å². The van der Waals surface area contributed by atoms with Gasteiger partial charge in [-0.25, -0.2) is 4.79 Å². The van der Waals surface area contributed by atoms with Crippen LogP contribution in [0.4, 0.5) is 0 Å². The number of thiol groups is 1. The average molecular weight is 343 g/mol. The van der Waals surface area contributed by atoms with Crippen molar-refractivity contribution in [3.63, 3.8) is 0 Å². The summed E-state index contributed by atoms with van der Waals surface area (Å²) in [5.41, 5.74) is 0. The lowest BCUT2D eigenvalue weighted by Crippen LogP contribution is -2.46. The molecule has 0 aliphatic rings. The summed E-state index contributed by atoms with van der Waals surface area (Å²) in [5.74, 6) is -1.32. The van der Waals surface area contributed by atoms with Crippen molar-refractivity contribution >= 4 is 30.8 Å². The number of carboxylic acids is 1. The van der Waals surface area contributed by atoms with Crippen LogP contribution >= 0.6 is 12.6 Å². The molecule has 10 nitrogen and oxygen atoms in total. The largest absolute Gasteiger partial charge is 0.480 e. The lowest BCUT2D eigenvalue weighted by molar-refractivity contribution is -0.140. The molecule has 0 aromatic heterocycles. The van der Waals surface area contributed by atoms with Gasteiger partial charge in [0, 0.05) is 12.7 Å². The topological polar surface area (TPSA) is 185 Å². The highest BCUT2D eigenvalue weighted by Crippen LogP contribution is 2.02. The Hall–Kier alpha value is -1.24. The number of hydrogen-bond acceptors (Lipinski definition) is 9. The quantitative estimate of drug-likeness (QED) is 0.161. The Bertz CT molecular complexity index is 354. The number of aliphatic hydroxyl groups excluding tert-OH is 5. The van der Waals surface area contributed by atoms with Gasteiger partial charge in [0.25, 0.3) is 0 Å². The minimum Gasteiger partial charge on any atom is -0.480 e. The molecule has 1 amide bonds. The number of amides is 1. The third-order valence-electron chi connectivity index (χ3n) is 2.28. The van der Waals surface area contributed by atoms with Crippen LogP contribution < -0.4 is 5.32 Å². The molecule has 7 N–H and O–H groups in total. The fraction of sp³-hybridized carbons (Fsp3) is 0.727. The first kappa shape index (κ1) is 23.0. The molecule has 0 bridgehead atoms. The first-order valence-electron chi connectivity index (χ1n) is 6.01. The molecule has 22 heavy (non-hydrogen) atoms. The molecule has 5 atom stereocenters. The number of aldehydes is 1. The number of nitrogens with one attached hydrogen (secondary N) is 1. The maximum atomic E-state index is 10.3. The Labute approximate surface area is 131 Å². The number of carboxylic acid groups (broad SMARTS) is 1. The molecule has 11 heteroatoms. The first-order chi connectivity index (χ1) is 10.1. The zero-order valence-corrected chi connectivity index (χ0v) is 12.6. The van der Waals surface area contributed by atoms with E-state index in [1.807, 2.05) is 0 Å². The van der Waals surface area contributed by atoms with Gasteiger partial charge in [0.1, 0.15) is 30.5 Å². The van der Waals surface area contributed by atoms with E-state index in [1.54, 1.807) is 0 Å². The van der Waals surface area contributed by atoms with Crippen LogP contribution in [0.15, 0.2) is 0 Å². The smallest absolute Gasteiger partial charge is 0.327 e. The molecule has 0 rings (SSSR count). The van der Waals surface area contributed by atoms with Crippen molar-refractivity contribution in [3.05, 3.63) is 0 Å². The Balaban J connectivity index is 0. The van der Waals surface area contributed by atoms with Crippen molar-refractivity contribution in [3.8, 4) is 0 Å². The SMILES string of the molecule is CC(=O)N[C@@H](CS)C(=O)O.O=C[C@H](O)[C@@H](O)[C@H](O)[C@H](O)CO. The van der Waals surface area contributed by atoms with Crippen molar-refractivity contribution in [2.24, 2.45) is 0 Å². The molecule has 0 aromatic carbocycles. The number of aliphatic carboxylic acids is 1. The summed E-state index contributed by atoms with van der Waals surface area (Å²) < 4.78 is 0. The van der Waals surface area contributed by atoms with Crippen LogP contribution in [0, 0.1) is 0 Å². The van der Waals surface area contributed by atoms with E-state index < -0.39 is 43.0 Å². The van der Waals surface area contributed by atoms with Gasteiger partial charge in [-0.15, -0.1) is 0 Å². The monoisotopic (exact) mass is 343 g/mol. The highest BCUT2D eigenvalue weighted by molar-refractivity contribution is 7.80. The Morgan fingerprint density at radius 1 is 1.18 bits per heavy atom. The van der Waals surface area contributed by atoms with E-state index in [2.05, 4.69) is 17.9 Å². The van der Waals surface area contributed by atoms with Crippen molar-refractivity contribution in [2.75, 3.05) is 12.4 Å². The Kier molecular flexibility index (Phi) is 12.9. The van der Waals surface area contributed by atoms with Gasteiger partial charge in [-0.05, 0) is 0 Å². The molecular formula is C11H21NO9S. The second-order valence-corrected chi connectivity index (χ2v) is 4.50. The molecule has 0 radical (unpaired) electrons. The van der Waals surface area contributed by atoms with E-state index in [4.69, 9.17) is 30.6 Å². The lowest BCUT2D eigenvalue weighted by Gasteiger charge is -2.22. The van der Waals surface area contributed by atoms with Gasteiger partial charge in [-0.3, -0.25) is 4.79 Å². The van der Waals surface area contributed by atoms with Crippen molar-refractivity contribution in [2.45, 2.75) is 37.4 Å². The van der Waals surface area contributed by atoms with Crippen LogP contribution in [-0.2, 0) is 14.4 Å². The van der Waals surface area contributed by atoms with E-state index in [-0.39, 0.29) is 17.9 Å². The minimum atomic E-state index is -1.79. The molecule has 0 aliphatic carbocycles. The highest BCUT2D eigenvalue weighted by atomic mass is 32.1. The summed E-state index contributed by atoms with van der Waals surface area (Å²) in [6.07, 6.45) is -6.84. The van der Waals surface area contributed by atoms with Crippen LogP contribution in [-0.4, -0.2) is 91.6 Å². The predicted octanol–water partition coefficient (Wildman–Crippen LogP) is -3.87. The minimum absolute atomic E-state index is 0.0258. The summed E-state index contributed by atoms with van der Waals surface area (Å²) >= 11 is 3.73. The van der Waals surface area contributed by atoms with E-state index >= 15 is 0 Å². The van der Waals surface area contributed by atoms with Crippen LogP contribution in [0.1, 0.15) is 6.92 Å². The van der Waals surface area contributed by atoms with Gasteiger partial charge in [0.05, 0.1) is 6.61 Å². The summed E-state index contributed by atoms with van der Waals surface area (Å²) in [6.45, 7) is 0.503. The number of carbonyl (C=O) groups is 3. The third kappa shape index (κ3) is 9.65. The van der Waals surface area contributed by atoms with Gasteiger partial charge in [0.15, 0.2) is 6.29 Å². The number of rotatable bonds is 8. The van der Waals surface area contributed by atoms with Crippen molar-refractivity contribution in [1.29, 1.82) is 0 Å². The second-order valence-electron chi connectivity index (χ2n) is 4.13. The lowest BCUT2D eigenvalue weighted by atomic mass is 10.0. The molecule has 0 aliphatic heterocycles. The normalized spacial score (nSPS) is 17.0. The Morgan fingerprint density at radius 3 is 1.91 bits per heavy atom. The average Bonchev–Trinajstić information content (AvgIpc) is 2.49. The summed E-state index contributed by atoms with van der Waals surface area (Å²) in [7, 11) is 0. The zero-order valence-electron chi connectivity index (χ0n) is 11.7. The fourth-order valence-electron chi connectivity index (χ4n) is 1.05. The van der Waals surface area contributed by atoms with E-state index in [1.165, 1.54) is 6.92 Å². The Morgan fingerprint density at radius 2 is 1.68 bits per heavy atom. The van der Waals surface area contributed by atoms with Crippen molar-refractivity contribution in [1.82, 2.24) is 5.32 Å². The van der Waals surface area contributed by atoms with Crippen LogP contribution in [0.25, 0.3) is 0 Å². The predicted molar refractivity (Wildman–Crippen MR) is 76.3 cm³/mol. The molecule has 0 aromatic rings. The van der Waals surface area contributed by atoms with Gasteiger partial charge in [-0.1, -0.05) is 0 Å². The number of carbonyl (C=O) groups excluding carboxylic acids is 2. The molecule has 0 heterocycles. The van der Waals surface area contributed by atoms with E-state index in [0.29, 0.717) is 0 Å². The van der Waals surface area contributed by atoms with E-state index in [0.717, 1.165) is 0 Å². The number of hydrogen-bond donors (Lipinski definition) is 8. The second kappa shape index (κ2) is 12.3.